The first-order chi connectivity index (χ1) is 30.0. The van der Waals surface area contributed by atoms with Gasteiger partial charge in [-0.25, -0.2) is 0 Å². The van der Waals surface area contributed by atoms with E-state index in [-0.39, 0.29) is 17.2 Å². The van der Waals surface area contributed by atoms with Gasteiger partial charge in [-0.2, -0.15) is 13.2 Å². The lowest BCUT2D eigenvalue weighted by Crippen LogP contribution is -2.44. The fourth-order valence-electron chi connectivity index (χ4n) is 8.62. The van der Waals surface area contributed by atoms with Gasteiger partial charge in [0.1, 0.15) is 22.8 Å². The first-order valence-corrected chi connectivity index (χ1v) is 24.8. The van der Waals surface area contributed by atoms with Crippen molar-refractivity contribution in [2.24, 2.45) is 10.9 Å². The lowest BCUT2D eigenvalue weighted by atomic mass is 9.69. The molecule has 0 aliphatic heterocycles. The molecule has 0 bridgehead atoms. The van der Waals surface area contributed by atoms with Crippen LogP contribution in [0.2, 0.25) is 0 Å². The number of phenols is 1. The van der Waals surface area contributed by atoms with Crippen LogP contribution in [0.3, 0.4) is 0 Å². The second-order valence-electron chi connectivity index (χ2n) is 23.0. The highest BCUT2D eigenvalue weighted by Gasteiger charge is 2.46. The summed E-state index contributed by atoms with van der Waals surface area (Å²) in [6.07, 6.45) is 10.4. The Kier molecular flexibility index (Phi) is 19.7. The molecule has 0 aromatic heterocycles. The molecule has 0 saturated heterocycles. The number of nitrogens with zero attached hydrogens (tertiary/aromatic N) is 1. The van der Waals surface area contributed by atoms with Crippen molar-refractivity contribution in [2.45, 2.75) is 227 Å². The molecule has 3 rings (SSSR count). The van der Waals surface area contributed by atoms with Crippen molar-refractivity contribution in [3.63, 3.8) is 0 Å². The van der Waals surface area contributed by atoms with E-state index in [9.17, 15) is 23.4 Å². The molecule has 0 amide bonds. The molecule has 0 aliphatic carbocycles. The topological polar surface area (TPSA) is 71.3 Å². The van der Waals surface area contributed by atoms with E-state index in [1.807, 2.05) is 13.8 Å². The Morgan fingerprint density at radius 2 is 0.892 bits per heavy atom. The van der Waals surface area contributed by atoms with Crippen LogP contribution in [-0.2, 0) is 33.4 Å². The second-order valence-corrected chi connectivity index (χ2v) is 23.0. The number of halogens is 3. The van der Waals surface area contributed by atoms with Gasteiger partial charge in [0.25, 0.3) is 0 Å². The maximum Gasteiger partial charge on any atom is 0.416 e. The third-order valence-corrected chi connectivity index (χ3v) is 12.6. The van der Waals surface area contributed by atoms with Crippen molar-refractivity contribution < 1.29 is 32.9 Å². The van der Waals surface area contributed by atoms with Crippen molar-refractivity contribution in [2.75, 3.05) is 13.2 Å². The van der Waals surface area contributed by atoms with Gasteiger partial charge in [0.2, 0.25) is 0 Å². The molecule has 65 heavy (non-hydrogen) atoms. The molecule has 0 heterocycles. The second kappa shape index (κ2) is 23.0. The molecule has 0 spiro atoms. The molecule has 0 saturated carbocycles. The van der Waals surface area contributed by atoms with Crippen molar-refractivity contribution in [3.8, 4) is 17.2 Å². The van der Waals surface area contributed by atoms with E-state index in [1.165, 1.54) is 57.6 Å². The van der Waals surface area contributed by atoms with Crippen LogP contribution < -0.4 is 9.47 Å². The summed E-state index contributed by atoms with van der Waals surface area (Å²) in [5.74, 6) is 0.991. The molecular formula is C57H88F3NO4. The van der Waals surface area contributed by atoms with E-state index in [1.54, 1.807) is 0 Å². The molecule has 1 unspecified atom stereocenters. The minimum Gasteiger partial charge on any atom is -0.507 e. The average molecular weight is 908 g/mol. The maximum atomic E-state index is 14.3. The maximum absolute atomic E-state index is 14.3. The van der Waals surface area contributed by atoms with Crippen LogP contribution in [0.15, 0.2) is 47.5 Å². The van der Waals surface area contributed by atoms with Gasteiger partial charge < -0.3 is 19.7 Å². The number of aliphatic imine (C=N–C) groups is 1. The zero-order valence-corrected chi connectivity index (χ0v) is 43.5. The Bertz CT molecular complexity index is 1820. The predicted octanol–water partition coefficient (Wildman–Crippen LogP) is 16.5. The predicted molar refractivity (Wildman–Crippen MR) is 268 cm³/mol. The SMILES string of the molecule is CCCCCCCCOc1c(C(C)(C)C)cc(C(O)(c2cc(C(C)(C)C)c(OCCCCCCCC)c(C(C)(C)C)c2)C(N=Cc2cc(C(F)(F)F)ccc2O)C(C)C)cc1C(C)(C)C. The highest BCUT2D eigenvalue weighted by molar-refractivity contribution is 5.84. The monoisotopic (exact) mass is 908 g/mol. The standard InChI is InChI=1S/C57H88F3NO4/c1-17-19-21-23-25-27-31-64-49-44(52(5,6)7)34-42(35-45(49)53(8,9)10)56(63,51(39(3)4)61-38-40-33-41(57(58,59)60)29-30-48(40)62)43-36-46(54(11,12)13)50(47(37-43)55(14,15)16)65-32-28-26-24-22-20-18-2/h29-30,33-39,51,62-63H,17-28,31-32H2,1-16H3. The zero-order chi connectivity index (χ0) is 49.2. The van der Waals surface area contributed by atoms with Crippen molar-refractivity contribution in [1.29, 1.82) is 0 Å². The van der Waals surface area contributed by atoms with E-state index in [0.29, 0.717) is 24.3 Å². The molecule has 1 atom stereocenters. The van der Waals surface area contributed by atoms with Crippen LogP contribution in [0, 0.1) is 5.92 Å². The summed E-state index contributed by atoms with van der Waals surface area (Å²) >= 11 is 0. The van der Waals surface area contributed by atoms with Gasteiger partial charge in [0.05, 0.1) is 24.8 Å². The number of ether oxygens (including phenoxy) is 2. The van der Waals surface area contributed by atoms with E-state index < -0.39 is 45.0 Å². The first kappa shape index (κ1) is 55.8. The molecule has 3 aromatic rings. The number of aliphatic hydroxyl groups is 1. The number of hydrogen-bond donors (Lipinski definition) is 2. The Balaban J connectivity index is 2.51. The van der Waals surface area contributed by atoms with Gasteiger partial charge in [-0.1, -0.05) is 175 Å². The molecule has 0 fully saturated rings. The van der Waals surface area contributed by atoms with Crippen LogP contribution in [0.25, 0.3) is 0 Å². The van der Waals surface area contributed by atoms with E-state index in [2.05, 4.69) is 121 Å². The van der Waals surface area contributed by atoms with Crippen LogP contribution in [-0.4, -0.2) is 35.7 Å². The highest BCUT2D eigenvalue weighted by atomic mass is 19.4. The molecule has 8 heteroatoms. The Hall–Kier alpha value is -3.52. The molecule has 2 N–H and O–H groups in total. The summed E-state index contributed by atoms with van der Waals surface area (Å²) in [6, 6.07) is 10.2. The zero-order valence-electron chi connectivity index (χ0n) is 43.5. The minimum atomic E-state index is -4.62. The van der Waals surface area contributed by atoms with Crippen LogP contribution >= 0.6 is 0 Å². The third kappa shape index (κ3) is 15.2. The minimum absolute atomic E-state index is 0.0822. The largest absolute Gasteiger partial charge is 0.507 e. The van der Waals surface area contributed by atoms with Gasteiger partial charge in [-0.05, 0) is 94.0 Å². The normalized spacial score (nSPS) is 13.9. The molecule has 5 nitrogen and oxygen atoms in total. The summed E-state index contributed by atoms with van der Waals surface area (Å²) < 4.78 is 55.7. The Morgan fingerprint density at radius 3 is 1.22 bits per heavy atom. The Morgan fingerprint density at radius 1 is 0.538 bits per heavy atom. The summed E-state index contributed by atoms with van der Waals surface area (Å²) in [5, 5.41) is 25.1. The highest BCUT2D eigenvalue weighted by Crippen LogP contribution is 2.50. The quantitative estimate of drug-likeness (QED) is 0.0778. The van der Waals surface area contributed by atoms with Crippen LogP contribution in [0.1, 0.15) is 232 Å². The number of phenolic OH excluding ortho intramolecular Hbond substituents is 1. The number of aromatic hydroxyl groups is 1. The summed E-state index contributed by atoms with van der Waals surface area (Å²) in [5.41, 5.74) is 0.611. The lowest BCUT2D eigenvalue weighted by molar-refractivity contribution is -0.137. The number of rotatable bonds is 22. The summed E-state index contributed by atoms with van der Waals surface area (Å²) in [6.45, 7) is 35.5. The molecule has 0 aliphatic rings. The van der Waals surface area contributed by atoms with E-state index in [4.69, 9.17) is 14.5 Å². The number of alkyl halides is 3. The Labute approximate surface area is 393 Å². The van der Waals surface area contributed by atoms with Gasteiger partial charge in [0, 0.05) is 34.0 Å². The molecule has 3 aromatic carbocycles. The van der Waals surface area contributed by atoms with E-state index in [0.717, 1.165) is 77.6 Å². The summed E-state index contributed by atoms with van der Waals surface area (Å²) in [4.78, 5) is 5.03. The molecular weight excluding hydrogens is 820 g/mol. The fourth-order valence-corrected chi connectivity index (χ4v) is 8.62. The molecule has 366 valence electrons. The van der Waals surface area contributed by atoms with Gasteiger partial charge >= 0.3 is 6.18 Å². The van der Waals surface area contributed by atoms with Gasteiger partial charge in [0.15, 0.2) is 0 Å². The molecule has 0 radical (unpaired) electrons. The van der Waals surface area contributed by atoms with Crippen LogP contribution in [0.4, 0.5) is 13.2 Å². The number of hydrogen-bond acceptors (Lipinski definition) is 5. The van der Waals surface area contributed by atoms with Crippen molar-refractivity contribution >= 4 is 6.21 Å². The number of unbranched alkanes of at least 4 members (excludes halogenated alkanes) is 10. The fraction of sp³-hybridized carbons (Fsp3) is 0.667. The van der Waals surface area contributed by atoms with Gasteiger partial charge in [-0.15, -0.1) is 0 Å². The lowest BCUT2D eigenvalue weighted by Gasteiger charge is -2.41. The smallest absolute Gasteiger partial charge is 0.416 e. The van der Waals surface area contributed by atoms with Crippen LogP contribution in [0.5, 0.6) is 17.2 Å². The average Bonchev–Trinajstić information content (AvgIpc) is 3.18. The van der Waals surface area contributed by atoms with Crippen molar-refractivity contribution in [1.82, 2.24) is 0 Å². The third-order valence-electron chi connectivity index (χ3n) is 12.6. The first-order valence-electron chi connectivity index (χ1n) is 24.8. The summed E-state index contributed by atoms with van der Waals surface area (Å²) in [7, 11) is 0. The van der Waals surface area contributed by atoms with E-state index >= 15 is 0 Å². The van der Waals surface area contributed by atoms with Gasteiger partial charge in [-0.3, -0.25) is 4.99 Å². The number of benzene rings is 3. The van der Waals surface area contributed by atoms with Crippen molar-refractivity contribution in [3.05, 3.63) is 87.0 Å².